The predicted octanol–water partition coefficient (Wildman–Crippen LogP) is 2.28. The Morgan fingerprint density at radius 2 is 2.00 bits per heavy atom. The molecule has 0 saturated carbocycles. The molecule has 7 heteroatoms. The highest BCUT2D eigenvalue weighted by Gasteiger charge is 2.11. The third-order valence-electron chi connectivity index (χ3n) is 5.20. The number of ether oxygens (including phenoxy) is 1. The maximum absolute atomic E-state index is 12.3. The summed E-state index contributed by atoms with van der Waals surface area (Å²) in [5, 5.41) is 16.3. The van der Waals surface area contributed by atoms with Crippen LogP contribution >= 0.6 is 0 Å². The fourth-order valence-corrected chi connectivity index (χ4v) is 3.08. The number of nitrogens with one attached hydrogen (secondary N) is 2. The van der Waals surface area contributed by atoms with Gasteiger partial charge in [-0.15, -0.1) is 0 Å². The first-order valence-corrected chi connectivity index (χ1v) is 11.0. The Bertz CT molecular complexity index is 733. The van der Waals surface area contributed by atoms with E-state index in [4.69, 9.17) is 4.74 Å². The molecule has 0 heterocycles. The summed E-state index contributed by atoms with van der Waals surface area (Å²) in [5.74, 6) is 0.599. The zero-order chi connectivity index (χ0) is 23.2. The minimum absolute atomic E-state index is 0.186. The van der Waals surface area contributed by atoms with Crippen molar-refractivity contribution in [2.75, 3.05) is 39.9 Å². The van der Waals surface area contributed by atoms with Gasteiger partial charge >= 0.3 is 0 Å². The van der Waals surface area contributed by atoms with Gasteiger partial charge in [-0.2, -0.15) is 0 Å². The Hall–Kier alpha value is -2.22. The smallest absolute Gasteiger partial charge is 0.248 e. The number of hydrogen-bond acceptors (Lipinski definition) is 5. The Balaban J connectivity index is 2.41. The second kappa shape index (κ2) is 14.7. The van der Waals surface area contributed by atoms with Crippen molar-refractivity contribution in [3.63, 3.8) is 0 Å². The van der Waals surface area contributed by atoms with E-state index < -0.39 is 6.10 Å². The first-order valence-electron chi connectivity index (χ1n) is 11.0. The molecule has 2 atom stereocenters. The van der Waals surface area contributed by atoms with Gasteiger partial charge in [-0.3, -0.25) is 4.79 Å². The third kappa shape index (κ3) is 10.6. The van der Waals surface area contributed by atoms with Gasteiger partial charge in [0.05, 0.1) is 12.7 Å². The van der Waals surface area contributed by atoms with Gasteiger partial charge in [0.25, 0.3) is 0 Å². The molecule has 1 aromatic rings. The highest BCUT2D eigenvalue weighted by Crippen LogP contribution is 2.09. The number of aryl methyl sites for hydroxylation is 1. The zero-order valence-electron chi connectivity index (χ0n) is 19.9. The number of aliphatic imine (C=N–C) groups is 1. The highest BCUT2D eigenvalue weighted by atomic mass is 16.5. The number of amidine groups is 1. The lowest BCUT2D eigenvalue weighted by Gasteiger charge is -2.21. The number of hydrogen-bond donors (Lipinski definition) is 3. The maximum atomic E-state index is 12.3. The van der Waals surface area contributed by atoms with E-state index in [1.165, 1.54) is 11.1 Å². The number of carbonyl (C=O) groups excluding carboxylic acids is 1. The standard InChI is InChI=1S/C24H40N4O3/c1-7-28(12-13-31-6)21(5)26-15-19(3)24(30)27-17-23(29)16-25-20(4)14-22-11-9-8-10-18(22)2/h8-11,15,20,23,25,29H,7,12-14,16-17H2,1-6H3,(H,27,30)/b19-15+,26-21+. The van der Waals surface area contributed by atoms with Crippen molar-refractivity contribution in [3.8, 4) is 0 Å². The van der Waals surface area contributed by atoms with Gasteiger partial charge < -0.3 is 25.4 Å². The first kappa shape index (κ1) is 26.8. The second-order valence-electron chi connectivity index (χ2n) is 7.86. The van der Waals surface area contributed by atoms with Gasteiger partial charge in [-0.25, -0.2) is 4.99 Å². The average molecular weight is 433 g/mol. The normalized spacial score (nSPS) is 14.3. The number of nitrogens with zero attached hydrogens (tertiary/aromatic N) is 2. The Morgan fingerprint density at radius 1 is 1.29 bits per heavy atom. The molecule has 0 saturated heterocycles. The summed E-state index contributed by atoms with van der Waals surface area (Å²) in [6.07, 6.45) is 1.80. The van der Waals surface area contributed by atoms with E-state index in [1.807, 2.05) is 19.1 Å². The number of carbonyl (C=O) groups is 1. The summed E-state index contributed by atoms with van der Waals surface area (Å²) >= 11 is 0. The van der Waals surface area contributed by atoms with Crippen molar-refractivity contribution >= 4 is 11.7 Å². The Morgan fingerprint density at radius 3 is 2.65 bits per heavy atom. The van der Waals surface area contributed by atoms with Crippen molar-refractivity contribution in [1.82, 2.24) is 15.5 Å². The molecular formula is C24H40N4O3. The number of benzene rings is 1. The molecule has 3 N–H and O–H groups in total. The van der Waals surface area contributed by atoms with Crippen LogP contribution in [0.4, 0.5) is 0 Å². The van der Waals surface area contributed by atoms with E-state index in [1.54, 1.807) is 20.2 Å². The Labute approximate surface area is 187 Å². The molecule has 31 heavy (non-hydrogen) atoms. The minimum atomic E-state index is -0.661. The minimum Gasteiger partial charge on any atom is -0.390 e. The van der Waals surface area contributed by atoms with Gasteiger partial charge in [-0.1, -0.05) is 24.3 Å². The monoisotopic (exact) mass is 432 g/mol. The molecule has 0 aliphatic carbocycles. The van der Waals surface area contributed by atoms with Crippen molar-refractivity contribution in [2.45, 2.75) is 53.2 Å². The van der Waals surface area contributed by atoms with Crippen LogP contribution in [0.15, 0.2) is 41.0 Å². The third-order valence-corrected chi connectivity index (χ3v) is 5.20. The topological polar surface area (TPSA) is 86.2 Å². The van der Waals surface area contributed by atoms with E-state index in [0.29, 0.717) is 18.7 Å². The number of aliphatic hydroxyl groups excluding tert-OH is 1. The van der Waals surface area contributed by atoms with Crippen LogP contribution in [-0.4, -0.2) is 73.8 Å². The molecule has 1 aromatic carbocycles. The lowest BCUT2D eigenvalue weighted by Crippen LogP contribution is -2.41. The largest absolute Gasteiger partial charge is 0.390 e. The summed E-state index contributed by atoms with van der Waals surface area (Å²) in [4.78, 5) is 18.7. The van der Waals surface area contributed by atoms with E-state index in [9.17, 15) is 9.90 Å². The second-order valence-corrected chi connectivity index (χ2v) is 7.86. The molecule has 0 radical (unpaired) electrons. The molecule has 0 aliphatic heterocycles. The first-order chi connectivity index (χ1) is 14.8. The molecule has 0 spiro atoms. The van der Waals surface area contributed by atoms with Gasteiger partial charge in [0.15, 0.2) is 0 Å². The van der Waals surface area contributed by atoms with Crippen LogP contribution in [-0.2, 0) is 16.0 Å². The van der Waals surface area contributed by atoms with Gasteiger partial charge in [0.2, 0.25) is 5.91 Å². The van der Waals surface area contributed by atoms with E-state index in [-0.39, 0.29) is 18.5 Å². The predicted molar refractivity (Wildman–Crippen MR) is 127 cm³/mol. The summed E-state index contributed by atoms with van der Waals surface area (Å²) in [6, 6.07) is 8.53. The van der Waals surface area contributed by atoms with Gasteiger partial charge in [-0.05, 0) is 52.2 Å². The van der Waals surface area contributed by atoms with Crippen LogP contribution in [0.25, 0.3) is 0 Å². The molecule has 174 valence electrons. The number of likely N-dealkylation sites (N-methyl/N-ethyl adjacent to an activating group) is 1. The number of aliphatic hydroxyl groups is 1. The number of amides is 1. The molecule has 7 nitrogen and oxygen atoms in total. The Kier molecular flexibility index (Phi) is 12.7. The van der Waals surface area contributed by atoms with E-state index in [0.717, 1.165) is 25.3 Å². The van der Waals surface area contributed by atoms with Crippen LogP contribution in [0, 0.1) is 6.92 Å². The summed E-state index contributed by atoms with van der Waals surface area (Å²) in [5.41, 5.74) is 3.06. The van der Waals surface area contributed by atoms with Crippen molar-refractivity contribution < 1.29 is 14.6 Å². The summed E-state index contributed by atoms with van der Waals surface area (Å²) in [7, 11) is 1.67. The fraction of sp³-hybridized carbons (Fsp3) is 0.583. The molecule has 1 amide bonds. The molecule has 2 unspecified atom stereocenters. The average Bonchev–Trinajstić information content (AvgIpc) is 2.76. The van der Waals surface area contributed by atoms with Crippen molar-refractivity contribution in [2.24, 2.45) is 4.99 Å². The molecular weight excluding hydrogens is 392 g/mol. The molecule has 0 fully saturated rings. The van der Waals surface area contributed by atoms with Gasteiger partial charge in [0.1, 0.15) is 5.84 Å². The fourth-order valence-electron chi connectivity index (χ4n) is 3.08. The molecule has 0 aliphatic rings. The van der Waals surface area contributed by atoms with Crippen molar-refractivity contribution in [3.05, 3.63) is 47.2 Å². The summed E-state index contributed by atoms with van der Waals surface area (Å²) in [6.45, 7) is 12.7. The van der Waals surface area contributed by atoms with Crippen LogP contribution in [0.3, 0.4) is 0 Å². The van der Waals surface area contributed by atoms with E-state index >= 15 is 0 Å². The lowest BCUT2D eigenvalue weighted by atomic mass is 10.0. The maximum Gasteiger partial charge on any atom is 0.248 e. The number of rotatable bonds is 13. The van der Waals surface area contributed by atoms with Crippen LogP contribution < -0.4 is 10.6 Å². The van der Waals surface area contributed by atoms with Crippen LogP contribution in [0.1, 0.15) is 38.8 Å². The quantitative estimate of drug-likeness (QED) is 0.253. The highest BCUT2D eigenvalue weighted by molar-refractivity contribution is 5.93. The van der Waals surface area contributed by atoms with Gasteiger partial charge in [0, 0.05) is 51.1 Å². The zero-order valence-corrected chi connectivity index (χ0v) is 19.9. The van der Waals surface area contributed by atoms with Crippen LogP contribution in [0.5, 0.6) is 0 Å². The molecule has 1 rings (SSSR count). The van der Waals surface area contributed by atoms with Crippen LogP contribution in [0.2, 0.25) is 0 Å². The van der Waals surface area contributed by atoms with Crippen molar-refractivity contribution in [1.29, 1.82) is 0 Å². The molecule has 0 bridgehead atoms. The SMILES string of the molecule is CCN(CCOC)/C(C)=N/C=C(\C)C(=O)NCC(O)CNC(C)Cc1ccccc1C. The summed E-state index contributed by atoms with van der Waals surface area (Å²) < 4.78 is 5.11. The van der Waals surface area contributed by atoms with E-state index in [2.05, 4.69) is 53.4 Å². The number of methoxy groups -OCH3 is 1. The molecule has 0 aromatic heterocycles. The lowest BCUT2D eigenvalue weighted by molar-refractivity contribution is -0.117.